The number of carbonyl (C=O) groups is 2. The third-order valence-corrected chi connectivity index (χ3v) is 3.56. The van der Waals surface area contributed by atoms with Crippen molar-refractivity contribution < 1.29 is 9.59 Å². The highest BCUT2D eigenvalue weighted by molar-refractivity contribution is 8.22. The smallest absolute Gasteiger partial charge is 0.252 e. The van der Waals surface area contributed by atoms with Crippen molar-refractivity contribution in [2.24, 2.45) is 0 Å². The second-order valence-electron chi connectivity index (χ2n) is 3.25. The van der Waals surface area contributed by atoms with Gasteiger partial charge in [0, 0.05) is 21.1 Å². The van der Waals surface area contributed by atoms with Crippen molar-refractivity contribution >= 4 is 61.9 Å². The van der Waals surface area contributed by atoms with Crippen LogP contribution in [0.25, 0.3) is 0 Å². The number of hydrogen-bond acceptors (Lipinski definition) is 4. The number of halogens is 2. The molecule has 90 valence electrons. The summed E-state index contributed by atoms with van der Waals surface area (Å²) in [5.74, 6) is 0.574. The van der Waals surface area contributed by atoms with E-state index in [4.69, 9.17) is 35.4 Å². The molecule has 0 radical (unpaired) electrons. The molecule has 1 rings (SSSR count). The zero-order valence-corrected chi connectivity index (χ0v) is 12.0. The van der Waals surface area contributed by atoms with Gasteiger partial charge in [-0.2, -0.15) is 0 Å². The van der Waals surface area contributed by atoms with Gasteiger partial charge in [0.2, 0.25) is 0 Å². The highest BCUT2D eigenvalue weighted by Crippen LogP contribution is 2.19. The van der Waals surface area contributed by atoms with Crippen molar-refractivity contribution in [1.29, 1.82) is 0 Å². The van der Waals surface area contributed by atoms with Crippen molar-refractivity contribution in [3.8, 4) is 0 Å². The average molecular weight is 307 g/mol. The molecule has 0 bridgehead atoms. The molecule has 0 heterocycles. The molecule has 0 spiro atoms. The maximum atomic E-state index is 11.1. The number of hydrogen-bond donors (Lipinski definition) is 0. The van der Waals surface area contributed by atoms with Crippen LogP contribution in [0.15, 0.2) is 18.2 Å². The van der Waals surface area contributed by atoms with Gasteiger partial charge in [0.25, 0.3) is 10.5 Å². The fourth-order valence-electron chi connectivity index (χ4n) is 1.19. The molecular formula is C11H8Cl2O2S2. The quantitative estimate of drug-likeness (QED) is 0.621. The van der Waals surface area contributed by atoms with Gasteiger partial charge in [-0.25, -0.2) is 0 Å². The third kappa shape index (κ3) is 4.76. The SMILES string of the molecule is CC(=S)SCc1cc(C(=O)Cl)cc(C(=O)Cl)c1. The maximum absolute atomic E-state index is 11.1. The first-order valence-corrected chi connectivity index (χ1v) is 6.72. The molecule has 0 unspecified atom stereocenters. The van der Waals surface area contributed by atoms with E-state index < -0.39 is 10.5 Å². The van der Waals surface area contributed by atoms with Gasteiger partial charge >= 0.3 is 0 Å². The summed E-state index contributed by atoms with van der Waals surface area (Å²) in [4.78, 5) is 22.2. The molecule has 0 amide bonds. The van der Waals surface area contributed by atoms with Crippen molar-refractivity contribution in [3.05, 3.63) is 34.9 Å². The first kappa shape index (κ1) is 14.6. The summed E-state index contributed by atoms with van der Waals surface area (Å²) in [5.41, 5.74) is 1.31. The summed E-state index contributed by atoms with van der Waals surface area (Å²) < 4.78 is 0.784. The van der Waals surface area contributed by atoms with Crippen LogP contribution in [-0.2, 0) is 5.75 Å². The van der Waals surface area contributed by atoms with Gasteiger partial charge < -0.3 is 0 Å². The molecule has 6 heteroatoms. The Kier molecular flexibility index (Phi) is 5.59. The van der Waals surface area contributed by atoms with Crippen LogP contribution in [-0.4, -0.2) is 14.7 Å². The van der Waals surface area contributed by atoms with Crippen LogP contribution < -0.4 is 0 Å². The number of thioether (sulfide) groups is 1. The maximum Gasteiger partial charge on any atom is 0.252 e. The lowest BCUT2D eigenvalue weighted by atomic mass is 10.1. The standard InChI is InChI=1S/C11H8Cl2O2S2/c1-6(16)17-5-7-2-8(10(12)14)4-9(3-7)11(13)15/h2-4H,5H2,1H3. The van der Waals surface area contributed by atoms with Crippen LogP contribution in [0.1, 0.15) is 33.2 Å². The molecule has 1 aromatic rings. The predicted octanol–water partition coefficient (Wildman–Crippen LogP) is 4.03. The van der Waals surface area contributed by atoms with E-state index in [1.165, 1.54) is 17.8 Å². The average Bonchev–Trinajstić information content (AvgIpc) is 2.25. The normalized spacial score (nSPS) is 10.1. The Morgan fingerprint density at radius 1 is 1.18 bits per heavy atom. The summed E-state index contributed by atoms with van der Waals surface area (Å²) in [6, 6.07) is 4.64. The van der Waals surface area contributed by atoms with E-state index in [1.807, 2.05) is 6.92 Å². The highest BCUT2D eigenvalue weighted by Gasteiger charge is 2.10. The molecule has 0 saturated carbocycles. The lowest BCUT2D eigenvalue weighted by Gasteiger charge is -2.04. The second kappa shape index (κ2) is 6.50. The number of benzene rings is 1. The van der Waals surface area contributed by atoms with Gasteiger partial charge in [0.15, 0.2) is 0 Å². The predicted molar refractivity (Wildman–Crippen MR) is 76.4 cm³/mol. The minimum Gasteiger partial charge on any atom is -0.276 e. The molecule has 0 aliphatic heterocycles. The molecule has 0 saturated heterocycles. The van der Waals surface area contributed by atoms with Crippen LogP contribution >= 0.6 is 47.2 Å². The van der Waals surface area contributed by atoms with Crippen molar-refractivity contribution in [1.82, 2.24) is 0 Å². The number of rotatable bonds is 4. The van der Waals surface area contributed by atoms with Crippen LogP contribution in [0.2, 0.25) is 0 Å². The zero-order valence-electron chi connectivity index (χ0n) is 8.83. The van der Waals surface area contributed by atoms with Gasteiger partial charge in [0.05, 0.1) is 0 Å². The van der Waals surface area contributed by atoms with E-state index in [1.54, 1.807) is 12.1 Å². The van der Waals surface area contributed by atoms with Crippen LogP contribution in [0.4, 0.5) is 0 Å². The Balaban J connectivity index is 3.08. The lowest BCUT2D eigenvalue weighted by molar-refractivity contribution is 0.108. The Hall–Kier alpha value is -0.420. The molecule has 1 aromatic carbocycles. The summed E-state index contributed by atoms with van der Waals surface area (Å²) in [6.07, 6.45) is 0. The Labute approximate surface area is 119 Å². The molecular weight excluding hydrogens is 299 g/mol. The minimum atomic E-state index is -0.616. The Morgan fingerprint density at radius 3 is 2.00 bits per heavy atom. The van der Waals surface area contributed by atoms with E-state index in [2.05, 4.69) is 0 Å². The van der Waals surface area contributed by atoms with Crippen molar-refractivity contribution in [3.63, 3.8) is 0 Å². The fraction of sp³-hybridized carbons (Fsp3) is 0.182. The Bertz CT molecular complexity index is 454. The molecule has 2 nitrogen and oxygen atoms in total. The first-order valence-electron chi connectivity index (χ1n) is 4.57. The molecule has 0 aromatic heterocycles. The minimum absolute atomic E-state index is 0.260. The van der Waals surface area contributed by atoms with Crippen LogP contribution in [0, 0.1) is 0 Å². The summed E-state index contributed by atoms with van der Waals surface area (Å²) in [6.45, 7) is 1.81. The summed E-state index contributed by atoms with van der Waals surface area (Å²) >= 11 is 17.2. The molecule has 17 heavy (non-hydrogen) atoms. The molecule has 0 N–H and O–H groups in total. The molecule has 0 atom stereocenters. The van der Waals surface area contributed by atoms with E-state index in [0.29, 0.717) is 5.75 Å². The topological polar surface area (TPSA) is 34.1 Å². The van der Waals surface area contributed by atoms with E-state index in [-0.39, 0.29) is 11.1 Å². The fourth-order valence-corrected chi connectivity index (χ4v) is 2.12. The second-order valence-corrected chi connectivity index (χ2v) is 5.99. The molecule has 0 aliphatic carbocycles. The third-order valence-electron chi connectivity index (χ3n) is 1.89. The van der Waals surface area contributed by atoms with Crippen LogP contribution in [0.3, 0.4) is 0 Å². The van der Waals surface area contributed by atoms with Gasteiger partial charge in [-0.3, -0.25) is 9.59 Å². The van der Waals surface area contributed by atoms with E-state index in [9.17, 15) is 9.59 Å². The molecule has 0 fully saturated rings. The lowest BCUT2D eigenvalue weighted by Crippen LogP contribution is -1.98. The van der Waals surface area contributed by atoms with Crippen molar-refractivity contribution in [2.45, 2.75) is 12.7 Å². The summed E-state index contributed by atoms with van der Waals surface area (Å²) in [5, 5.41) is -1.23. The van der Waals surface area contributed by atoms with Crippen LogP contribution in [0.5, 0.6) is 0 Å². The number of carbonyl (C=O) groups excluding carboxylic acids is 2. The molecule has 0 aliphatic rings. The van der Waals surface area contributed by atoms with E-state index >= 15 is 0 Å². The zero-order chi connectivity index (χ0) is 13.0. The van der Waals surface area contributed by atoms with Crippen molar-refractivity contribution in [2.75, 3.05) is 0 Å². The van der Waals surface area contributed by atoms with Gasteiger partial charge in [-0.15, -0.1) is 11.8 Å². The van der Waals surface area contributed by atoms with Gasteiger partial charge in [0.1, 0.15) is 0 Å². The monoisotopic (exact) mass is 306 g/mol. The first-order chi connectivity index (χ1) is 7.90. The largest absolute Gasteiger partial charge is 0.276 e. The van der Waals surface area contributed by atoms with E-state index in [0.717, 1.165) is 9.76 Å². The van der Waals surface area contributed by atoms with Gasteiger partial charge in [-0.1, -0.05) is 12.2 Å². The highest BCUT2D eigenvalue weighted by atomic mass is 35.5. The number of thiocarbonyl (C=S) groups is 1. The van der Waals surface area contributed by atoms with Gasteiger partial charge in [-0.05, 0) is 53.9 Å². The summed E-state index contributed by atoms with van der Waals surface area (Å²) in [7, 11) is 0. The Morgan fingerprint density at radius 2 is 1.65 bits per heavy atom.